The Hall–Kier alpha value is -1.24. The number of nitrogens with one attached hydrogen (secondary N) is 1. The average molecular weight is 434 g/mol. The predicted octanol–water partition coefficient (Wildman–Crippen LogP) is 4.70. The minimum atomic E-state index is -0.503. The molecule has 1 aromatic heterocycles. The van der Waals surface area contributed by atoms with E-state index in [1.165, 1.54) is 0 Å². The number of nitrogens with zero attached hydrogens (tertiary/aromatic N) is 3. The molecule has 0 spiro atoms. The van der Waals surface area contributed by atoms with Crippen LogP contribution in [0.3, 0.4) is 0 Å². The molecule has 0 atom stereocenters. The normalized spacial score (nSPS) is 15.2. The van der Waals surface area contributed by atoms with E-state index in [1.54, 1.807) is 0 Å². The average Bonchev–Trinajstić information content (AvgIpc) is 2.64. The van der Waals surface area contributed by atoms with E-state index in [1.807, 2.05) is 24.3 Å². The largest absolute Gasteiger partial charge is 0.367 e. The Morgan fingerprint density at radius 3 is 2.35 bits per heavy atom. The minimum absolute atomic E-state index is 0.00540. The van der Waals surface area contributed by atoms with Crippen LogP contribution in [0, 0.1) is 0 Å². The number of rotatable bonds is 3. The highest BCUT2D eigenvalue weighted by atomic mass is 35.5. The first-order valence-electron chi connectivity index (χ1n) is 7.92. The monoisotopic (exact) mass is 432 g/mol. The fraction of sp³-hybridized carbons (Fsp3) is 0.294. The first kappa shape index (κ1) is 19.5. The number of likely N-dealkylation sites (N-methyl/N-ethyl adjacent to an activating group) is 1. The highest BCUT2D eigenvalue weighted by molar-refractivity contribution is 6.52. The predicted molar refractivity (Wildman–Crippen MR) is 108 cm³/mol. The minimum Gasteiger partial charge on any atom is -0.367 e. The number of carbonyl (C=O) groups excluding carboxylic acids is 1. The second kappa shape index (κ2) is 8.19. The number of para-hydroxylation sites is 2. The molecular weight excluding hydrogens is 418 g/mol. The third-order valence-corrected chi connectivity index (χ3v) is 5.87. The number of pyridine rings is 1. The zero-order chi connectivity index (χ0) is 18.8. The second-order valence-electron chi connectivity index (χ2n) is 5.95. The molecule has 1 aliphatic heterocycles. The number of piperazine rings is 1. The third-order valence-electron chi connectivity index (χ3n) is 4.20. The van der Waals surface area contributed by atoms with Gasteiger partial charge < -0.3 is 15.1 Å². The third kappa shape index (κ3) is 4.02. The van der Waals surface area contributed by atoms with Crippen molar-refractivity contribution < 1.29 is 4.79 Å². The lowest BCUT2D eigenvalue weighted by Crippen LogP contribution is -2.44. The molecule has 1 aromatic carbocycles. The summed E-state index contributed by atoms with van der Waals surface area (Å²) in [4.78, 5) is 21.2. The van der Waals surface area contributed by atoms with Gasteiger partial charge in [-0.05, 0) is 19.2 Å². The molecule has 3 rings (SSSR count). The second-order valence-corrected chi connectivity index (χ2v) is 7.45. The van der Waals surface area contributed by atoms with E-state index < -0.39 is 5.91 Å². The topological polar surface area (TPSA) is 48.5 Å². The van der Waals surface area contributed by atoms with Gasteiger partial charge in [-0.3, -0.25) is 4.79 Å². The number of halogens is 4. The summed E-state index contributed by atoms with van der Waals surface area (Å²) < 4.78 is 0. The van der Waals surface area contributed by atoms with Crippen molar-refractivity contribution in [2.45, 2.75) is 0 Å². The SMILES string of the molecule is CN1CCN(c2ccccc2NC(=O)c2nc(Cl)c(Cl)c(Cl)c2Cl)CC1. The summed E-state index contributed by atoms with van der Waals surface area (Å²) in [5, 5.41) is 2.77. The zero-order valence-corrected chi connectivity index (χ0v) is 16.9. The van der Waals surface area contributed by atoms with Crippen LogP contribution >= 0.6 is 46.4 Å². The Balaban J connectivity index is 1.87. The summed E-state index contributed by atoms with van der Waals surface area (Å²) in [6.07, 6.45) is 0. The van der Waals surface area contributed by atoms with Crippen LogP contribution in [0.25, 0.3) is 0 Å². The Morgan fingerprint density at radius 2 is 1.65 bits per heavy atom. The molecule has 2 heterocycles. The molecule has 0 radical (unpaired) electrons. The quantitative estimate of drug-likeness (QED) is 0.712. The van der Waals surface area contributed by atoms with Crippen molar-refractivity contribution >= 4 is 63.7 Å². The fourth-order valence-corrected chi connectivity index (χ4v) is 3.54. The van der Waals surface area contributed by atoms with E-state index in [0.717, 1.165) is 31.9 Å². The van der Waals surface area contributed by atoms with Crippen LogP contribution in [-0.2, 0) is 0 Å². The molecule has 26 heavy (non-hydrogen) atoms. The lowest BCUT2D eigenvalue weighted by Gasteiger charge is -2.35. The lowest BCUT2D eigenvalue weighted by molar-refractivity contribution is 0.102. The Morgan fingerprint density at radius 1 is 1.00 bits per heavy atom. The molecule has 1 fully saturated rings. The van der Waals surface area contributed by atoms with Crippen molar-refractivity contribution in [3.8, 4) is 0 Å². The van der Waals surface area contributed by atoms with Gasteiger partial charge in [-0.15, -0.1) is 0 Å². The van der Waals surface area contributed by atoms with E-state index in [-0.39, 0.29) is 25.9 Å². The van der Waals surface area contributed by atoms with Gasteiger partial charge in [-0.25, -0.2) is 4.98 Å². The number of benzene rings is 1. The van der Waals surface area contributed by atoms with Gasteiger partial charge in [0.1, 0.15) is 10.8 Å². The summed E-state index contributed by atoms with van der Waals surface area (Å²) in [6, 6.07) is 7.59. The van der Waals surface area contributed by atoms with E-state index in [0.29, 0.717) is 5.69 Å². The molecule has 1 aliphatic rings. The van der Waals surface area contributed by atoms with E-state index >= 15 is 0 Å². The van der Waals surface area contributed by atoms with Gasteiger partial charge in [0.2, 0.25) is 0 Å². The molecule has 5 nitrogen and oxygen atoms in total. The standard InChI is InChI=1S/C17H16Cl4N4O/c1-24-6-8-25(9-7-24)11-5-3-2-4-10(11)22-17(26)15-13(19)12(18)14(20)16(21)23-15/h2-5H,6-9H2,1H3,(H,22,26). The molecule has 0 saturated carbocycles. The van der Waals surface area contributed by atoms with Gasteiger partial charge in [0, 0.05) is 26.2 Å². The molecule has 9 heteroatoms. The summed E-state index contributed by atoms with van der Waals surface area (Å²) in [7, 11) is 2.09. The summed E-state index contributed by atoms with van der Waals surface area (Å²) in [5.41, 5.74) is 1.54. The van der Waals surface area contributed by atoms with Gasteiger partial charge in [0.15, 0.2) is 0 Å². The van der Waals surface area contributed by atoms with Crippen molar-refractivity contribution in [3.05, 3.63) is 50.2 Å². The van der Waals surface area contributed by atoms with E-state index in [4.69, 9.17) is 46.4 Å². The molecule has 0 bridgehead atoms. The van der Waals surface area contributed by atoms with Gasteiger partial charge in [0.25, 0.3) is 5.91 Å². The fourth-order valence-electron chi connectivity index (χ4n) is 2.72. The van der Waals surface area contributed by atoms with Crippen LogP contribution in [-0.4, -0.2) is 49.0 Å². The van der Waals surface area contributed by atoms with Crippen molar-refractivity contribution in [1.29, 1.82) is 0 Å². The molecule has 138 valence electrons. The van der Waals surface area contributed by atoms with Crippen LogP contribution in [0.5, 0.6) is 0 Å². The summed E-state index contributed by atoms with van der Waals surface area (Å²) in [5.74, 6) is -0.503. The Bertz CT molecular complexity index is 838. The Labute approximate surface area is 171 Å². The van der Waals surface area contributed by atoms with Gasteiger partial charge in [-0.2, -0.15) is 0 Å². The number of amides is 1. The first-order chi connectivity index (χ1) is 12.4. The van der Waals surface area contributed by atoms with Crippen molar-refractivity contribution in [3.63, 3.8) is 0 Å². The van der Waals surface area contributed by atoms with Crippen LogP contribution in [0.1, 0.15) is 10.5 Å². The number of hydrogen-bond donors (Lipinski definition) is 1. The summed E-state index contributed by atoms with van der Waals surface area (Å²) >= 11 is 24.0. The van der Waals surface area contributed by atoms with Crippen LogP contribution in [0.2, 0.25) is 20.2 Å². The first-order valence-corrected chi connectivity index (χ1v) is 9.43. The number of anilines is 2. The van der Waals surface area contributed by atoms with E-state index in [2.05, 4.69) is 27.1 Å². The molecule has 1 saturated heterocycles. The number of carbonyl (C=O) groups is 1. The smallest absolute Gasteiger partial charge is 0.275 e. The lowest BCUT2D eigenvalue weighted by atomic mass is 10.2. The zero-order valence-electron chi connectivity index (χ0n) is 13.9. The molecule has 0 unspecified atom stereocenters. The summed E-state index contributed by atoms with van der Waals surface area (Å²) in [6.45, 7) is 3.66. The maximum atomic E-state index is 12.7. The van der Waals surface area contributed by atoms with Crippen molar-refractivity contribution in [2.24, 2.45) is 0 Å². The highest BCUT2D eigenvalue weighted by Crippen LogP contribution is 2.36. The molecule has 2 aromatic rings. The molecule has 0 aliphatic carbocycles. The number of hydrogen-bond acceptors (Lipinski definition) is 4. The molecular formula is C17H16Cl4N4O. The highest BCUT2D eigenvalue weighted by Gasteiger charge is 2.22. The van der Waals surface area contributed by atoms with Gasteiger partial charge >= 0.3 is 0 Å². The van der Waals surface area contributed by atoms with Gasteiger partial charge in [-0.1, -0.05) is 58.5 Å². The molecule has 1 amide bonds. The maximum absolute atomic E-state index is 12.7. The van der Waals surface area contributed by atoms with Gasteiger partial charge in [0.05, 0.1) is 26.4 Å². The molecule has 1 N–H and O–H groups in total. The maximum Gasteiger partial charge on any atom is 0.275 e. The Kier molecular flexibility index (Phi) is 6.15. The van der Waals surface area contributed by atoms with Crippen LogP contribution < -0.4 is 10.2 Å². The van der Waals surface area contributed by atoms with E-state index in [9.17, 15) is 4.79 Å². The van der Waals surface area contributed by atoms with Crippen molar-refractivity contribution in [2.75, 3.05) is 43.4 Å². The van der Waals surface area contributed by atoms with Crippen molar-refractivity contribution in [1.82, 2.24) is 9.88 Å². The van der Waals surface area contributed by atoms with Crippen LogP contribution in [0.15, 0.2) is 24.3 Å². The number of aromatic nitrogens is 1. The van der Waals surface area contributed by atoms with Crippen LogP contribution in [0.4, 0.5) is 11.4 Å².